The van der Waals surface area contributed by atoms with Crippen molar-refractivity contribution in [2.45, 2.75) is 24.8 Å². The van der Waals surface area contributed by atoms with Crippen LogP contribution < -0.4 is 5.56 Å². The van der Waals surface area contributed by atoms with Crippen molar-refractivity contribution in [3.8, 4) is 0 Å². The molecular formula is C19H17ClN2O3S. The minimum atomic E-state index is -3.67. The molecule has 134 valence electrons. The minimum Gasteiger partial charge on any atom is -0.322 e. The van der Waals surface area contributed by atoms with Crippen LogP contribution in [-0.4, -0.2) is 24.3 Å². The average Bonchev–Trinajstić information content (AvgIpc) is 2.61. The lowest BCUT2D eigenvalue weighted by Gasteiger charge is -2.28. The van der Waals surface area contributed by atoms with Gasteiger partial charge in [-0.25, -0.2) is 8.42 Å². The van der Waals surface area contributed by atoms with E-state index in [1.165, 1.54) is 10.4 Å². The van der Waals surface area contributed by atoms with Gasteiger partial charge in [-0.3, -0.25) is 4.79 Å². The zero-order valence-electron chi connectivity index (χ0n) is 14.1. The predicted octanol–water partition coefficient (Wildman–Crippen LogP) is 3.24. The molecule has 2 aromatic carbocycles. The third-order valence-electron chi connectivity index (χ3n) is 4.78. The molecule has 0 bridgehead atoms. The van der Waals surface area contributed by atoms with Crippen molar-refractivity contribution in [3.63, 3.8) is 0 Å². The first-order valence-electron chi connectivity index (χ1n) is 8.26. The van der Waals surface area contributed by atoms with Crippen molar-refractivity contribution in [2.75, 3.05) is 6.54 Å². The smallest absolute Gasteiger partial charge is 0.251 e. The van der Waals surface area contributed by atoms with Crippen molar-refractivity contribution in [2.24, 2.45) is 0 Å². The molecule has 0 saturated heterocycles. The van der Waals surface area contributed by atoms with Gasteiger partial charge in [0.2, 0.25) is 10.0 Å². The number of halogens is 1. The van der Waals surface area contributed by atoms with Crippen LogP contribution in [0.1, 0.15) is 16.7 Å². The molecule has 26 heavy (non-hydrogen) atoms. The summed E-state index contributed by atoms with van der Waals surface area (Å²) in [6.07, 6.45) is 0.618. The van der Waals surface area contributed by atoms with Crippen LogP contribution in [0.3, 0.4) is 0 Å². The van der Waals surface area contributed by atoms with Crippen LogP contribution in [0.15, 0.2) is 52.2 Å². The number of nitrogens with zero attached hydrogens (tertiary/aromatic N) is 1. The van der Waals surface area contributed by atoms with Crippen LogP contribution in [0.2, 0.25) is 5.02 Å². The quantitative estimate of drug-likeness (QED) is 0.732. The van der Waals surface area contributed by atoms with Gasteiger partial charge >= 0.3 is 0 Å². The van der Waals surface area contributed by atoms with E-state index in [-0.39, 0.29) is 22.0 Å². The SMILES string of the molecule is Cc1cc2cc3c(cc2[nH]c1=O)CN(S(=O)(=O)c1ccccc1Cl)CC3. The lowest BCUT2D eigenvalue weighted by Crippen LogP contribution is -2.36. The van der Waals surface area contributed by atoms with E-state index in [1.807, 2.05) is 18.2 Å². The van der Waals surface area contributed by atoms with E-state index in [1.54, 1.807) is 25.1 Å². The number of benzene rings is 2. The fourth-order valence-corrected chi connectivity index (χ4v) is 5.26. The molecule has 0 unspecified atom stereocenters. The number of fused-ring (bicyclic) bond motifs is 2. The predicted molar refractivity (Wildman–Crippen MR) is 102 cm³/mol. The number of nitrogens with one attached hydrogen (secondary N) is 1. The highest BCUT2D eigenvalue weighted by Crippen LogP contribution is 2.30. The number of rotatable bonds is 2. The molecule has 0 atom stereocenters. The number of aryl methyl sites for hydroxylation is 1. The first-order chi connectivity index (χ1) is 12.4. The lowest BCUT2D eigenvalue weighted by molar-refractivity contribution is 0.391. The van der Waals surface area contributed by atoms with E-state index >= 15 is 0 Å². The molecule has 0 saturated carbocycles. The van der Waals surface area contributed by atoms with Crippen molar-refractivity contribution >= 4 is 32.5 Å². The molecule has 7 heteroatoms. The summed E-state index contributed by atoms with van der Waals surface area (Å²) in [5.74, 6) is 0. The summed E-state index contributed by atoms with van der Waals surface area (Å²) in [7, 11) is -3.67. The second-order valence-corrected chi connectivity index (χ2v) is 8.82. The van der Waals surface area contributed by atoms with Gasteiger partial charge in [0.05, 0.1) is 5.02 Å². The Morgan fingerprint density at radius 3 is 2.65 bits per heavy atom. The van der Waals surface area contributed by atoms with Crippen molar-refractivity contribution in [1.29, 1.82) is 0 Å². The number of sulfonamides is 1. The lowest BCUT2D eigenvalue weighted by atomic mass is 9.98. The van der Waals surface area contributed by atoms with Gasteiger partial charge in [-0.2, -0.15) is 4.31 Å². The number of hydrogen-bond donors (Lipinski definition) is 1. The highest BCUT2D eigenvalue weighted by atomic mass is 35.5. The van der Waals surface area contributed by atoms with Crippen LogP contribution in [-0.2, 0) is 23.0 Å². The molecule has 0 aliphatic carbocycles. The number of hydrogen-bond acceptors (Lipinski definition) is 3. The molecule has 1 aliphatic rings. The zero-order valence-corrected chi connectivity index (χ0v) is 15.7. The van der Waals surface area contributed by atoms with Gasteiger partial charge in [-0.15, -0.1) is 0 Å². The topological polar surface area (TPSA) is 70.2 Å². The summed E-state index contributed by atoms with van der Waals surface area (Å²) in [5.41, 5.74) is 3.26. The zero-order chi connectivity index (χ0) is 18.5. The molecule has 1 aromatic heterocycles. The Balaban J connectivity index is 1.76. The maximum Gasteiger partial charge on any atom is 0.251 e. The molecule has 4 rings (SSSR count). The summed E-state index contributed by atoms with van der Waals surface area (Å²) < 4.78 is 27.4. The van der Waals surface area contributed by atoms with E-state index in [0.29, 0.717) is 18.5 Å². The largest absolute Gasteiger partial charge is 0.322 e. The Morgan fingerprint density at radius 2 is 1.88 bits per heavy atom. The fraction of sp³-hybridized carbons (Fsp3) is 0.211. The highest BCUT2D eigenvalue weighted by molar-refractivity contribution is 7.89. The first-order valence-corrected chi connectivity index (χ1v) is 10.1. The fourth-order valence-electron chi connectivity index (χ4n) is 3.35. The Bertz CT molecular complexity index is 1190. The van der Waals surface area contributed by atoms with Crippen molar-refractivity contribution < 1.29 is 8.42 Å². The molecule has 1 aliphatic heterocycles. The summed E-state index contributed by atoms with van der Waals surface area (Å²) >= 11 is 6.09. The third kappa shape index (κ3) is 2.84. The number of H-pyrrole nitrogens is 1. The summed E-state index contributed by atoms with van der Waals surface area (Å²) in [4.78, 5) is 14.8. The maximum absolute atomic E-state index is 13.0. The molecule has 2 heterocycles. The molecule has 3 aromatic rings. The second kappa shape index (κ2) is 6.23. The standard InChI is InChI=1S/C19H17ClN2O3S/c1-12-8-14-9-13-6-7-22(11-15(13)10-17(14)21-19(12)23)26(24,25)18-5-3-2-4-16(18)20/h2-5,8-10H,6-7,11H2,1H3,(H,21,23). The van der Waals surface area contributed by atoms with Gasteiger partial charge in [-0.1, -0.05) is 23.7 Å². The maximum atomic E-state index is 13.0. The molecule has 5 nitrogen and oxygen atoms in total. The highest BCUT2D eigenvalue weighted by Gasteiger charge is 2.30. The van der Waals surface area contributed by atoms with E-state index in [9.17, 15) is 13.2 Å². The number of aromatic amines is 1. The number of pyridine rings is 1. The van der Waals surface area contributed by atoms with Gasteiger partial charge in [0.25, 0.3) is 5.56 Å². The Hall–Kier alpha value is -2.15. The summed E-state index contributed by atoms with van der Waals surface area (Å²) in [6, 6.07) is 12.2. The van der Waals surface area contributed by atoms with E-state index in [0.717, 1.165) is 22.0 Å². The van der Waals surface area contributed by atoms with Gasteiger partial charge in [0.1, 0.15) is 4.90 Å². The summed E-state index contributed by atoms with van der Waals surface area (Å²) in [5, 5.41) is 1.18. The first kappa shape index (κ1) is 17.3. The van der Waals surface area contributed by atoms with E-state index in [4.69, 9.17) is 11.6 Å². The van der Waals surface area contributed by atoms with Crippen molar-refractivity contribution in [1.82, 2.24) is 9.29 Å². The van der Waals surface area contributed by atoms with Crippen LogP contribution in [0, 0.1) is 6.92 Å². The molecule has 0 radical (unpaired) electrons. The van der Waals surface area contributed by atoms with Crippen LogP contribution in [0.5, 0.6) is 0 Å². The molecule has 0 amide bonds. The summed E-state index contributed by atoms with van der Waals surface area (Å²) in [6.45, 7) is 2.43. The molecule has 0 spiro atoms. The van der Waals surface area contributed by atoms with E-state index in [2.05, 4.69) is 4.98 Å². The Kier molecular flexibility index (Phi) is 4.14. The minimum absolute atomic E-state index is 0.120. The third-order valence-corrected chi connectivity index (χ3v) is 7.13. The van der Waals surface area contributed by atoms with E-state index < -0.39 is 10.0 Å². The average molecular weight is 389 g/mol. The normalized spacial score (nSPS) is 15.2. The van der Waals surface area contributed by atoms with Gasteiger partial charge < -0.3 is 4.98 Å². The molecular weight excluding hydrogens is 372 g/mol. The molecule has 1 N–H and O–H groups in total. The van der Waals surface area contributed by atoms with Crippen molar-refractivity contribution in [3.05, 3.63) is 74.5 Å². The van der Waals surface area contributed by atoms with Crippen LogP contribution in [0.25, 0.3) is 10.9 Å². The van der Waals surface area contributed by atoms with Crippen LogP contribution in [0.4, 0.5) is 0 Å². The van der Waals surface area contributed by atoms with Gasteiger partial charge in [0.15, 0.2) is 0 Å². The Labute approximate surface area is 156 Å². The second-order valence-electron chi connectivity index (χ2n) is 6.51. The Morgan fingerprint density at radius 1 is 1.12 bits per heavy atom. The van der Waals surface area contributed by atoms with Gasteiger partial charge in [0, 0.05) is 24.2 Å². The van der Waals surface area contributed by atoms with Gasteiger partial charge in [-0.05, 0) is 60.2 Å². The van der Waals surface area contributed by atoms with Crippen LogP contribution >= 0.6 is 11.6 Å². The molecule has 0 fully saturated rings. The monoisotopic (exact) mass is 388 g/mol. The number of aromatic nitrogens is 1.